The third-order valence-electron chi connectivity index (χ3n) is 5.25. The average Bonchev–Trinajstić information content (AvgIpc) is 2.96. The van der Waals surface area contributed by atoms with Crippen LogP contribution in [0.5, 0.6) is 5.75 Å². The lowest BCUT2D eigenvalue weighted by atomic mass is 9.81. The van der Waals surface area contributed by atoms with E-state index in [1.807, 2.05) is 18.2 Å². The van der Waals surface area contributed by atoms with Crippen LogP contribution in [-0.4, -0.2) is 48.9 Å². The summed E-state index contributed by atoms with van der Waals surface area (Å²) < 4.78 is 10.1. The van der Waals surface area contributed by atoms with Gasteiger partial charge in [0, 0.05) is 12.1 Å². The number of para-hydroxylation sites is 1. The summed E-state index contributed by atoms with van der Waals surface area (Å²) in [4.78, 5) is 49.6. The molecule has 1 aromatic rings. The van der Waals surface area contributed by atoms with Gasteiger partial charge in [-0.1, -0.05) is 31.0 Å². The Morgan fingerprint density at radius 1 is 1.11 bits per heavy atom. The molecule has 0 spiro atoms. The number of carbonyl (C=O) groups is 4. The number of rotatable bonds is 7. The van der Waals surface area contributed by atoms with E-state index < -0.39 is 25.0 Å². The maximum atomic E-state index is 12.3. The standard InChI is InChI=1S/C20H24N2O6/c1-27-16-9-5-2-6-13(16)10-21-17(23)12-28-18(24)11-22-19(25)14-7-3-4-8-15(14)20(22)26/h2,5-6,9,14-15H,3-4,7-8,10-12H2,1H3,(H,21,23)/t14-,15-/m0/s1. The Kier molecular flexibility index (Phi) is 6.28. The molecule has 1 heterocycles. The molecule has 0 unspecified atom stereocenters. The van der Waals surface area contributed by atoms with Crippen molar-refractivity contribution in [1.82, 2.24) is 10.2 Å². The zero-order chi connectivity index (χ0) is 20.1. The van der Waals surface area contributed by atoms with Gasteiger partial charge in [-0.2, -0.15) is 0 Å². The number of nitrogens with zero attached hydrogens (tertiary/aromatic N) is 1. The average molecular weight is 388 g/mol. The van der Waals surface area contributed by atoms with Gasteiger partial charge in [0.05, 0.1) is 18.9 Å². The van der Waals surface area contributed by atoms with Crippen molar-refractivity contribution >= 4 is 23.7 Å². The lowest BCUT2D eigenvalue weighted by Crippen LogP contribution is -2.38. The quantitative estimate of drug-likeness (QED) is 0.553. The van der Waals surface area contributed by atoms with E-state index in [1.165, 1.54) is 0 Å². The van der Waals surface area contributed by atoms with Crippen molar-refractivity contribution in [3.05, 3.63) is 29.8 Å². The number of ether oxygens (including phenoxy) is 2. The molecule has 0 aromatic heterocycles. The number of amides is 3. The molecule has 150 valence electrons. The summed E-state index contributed by atoms with van der Waals surface area (Å²) in [6.07, 6.45) is 3.22. The second kappa shape index (κ2) is 8.86. The fourth-order valence-electron chi connectivity index (χ4n) is 3.80. The number of benzene rings is 1. The van der Waals surface area contributed by atoms with Crippen molar-refractivity contribution in [3.8, 4) is 5.75 Å². The summed E-state index contributed by atoms with van der Waals surface area (Å²) in [6, 6.07) is 7.24. The van der Waals surface area contributed by atoms with Gasteiger partial charge < -0.3 is 14.8 Å². The highest BCUT2D eigenvalue weighted by Gasteiger charge is 2.48. The molecule has 2 fully saturated rings. The molecule has 0 radical (unpaired) electrons. The highest BCUT2D eigenvalue weighted by molar-refractivity contribution is 6.07. The van der Waals surface area contributed by atoms with Crippen molar-refractivity contribution in [2.24, 2.45) is 11.8 Å². The van der Waals surface area contributed by atoms with Gasteiger partial charge in [0.2, 0.25) is 11.8 Å². The lowest BCUT2D eigenvalue weighted by molar-refractivity contribution is -0.154. The predicted molar refractivity (Wildman–Crippen MR) is 98.0 cm³/mol. The lowest BCUT2D eigenvalue weighted by Gasteiger charge is -2.19. The fraction of sp³-hybridized carbons (Fsp3) is 0.500. The van der Waals surface area contributed by atoms with Gasteiger partial charge in [-0.25, -0.2) is 0 Å². The summed E-state index contributed by atoms with van der Waals surface area (Å²) in [7, 11) is 1.54. The van der Waals surface area contributed by atoms with Crippen molar-refractivity contribution in [1.29, 1.82) is 0 Å². The van der Waals surface area contributed by atoms with Crippen molar-refractivity contribution in [2.75, 3.05) is 20.3 Å². The van der Waals surface area contributed by atoms with Crippen molar-refractivity contribution in [2.45, 2.75) is 32.2 Å². The number of methoxy groups -OCH3 is 1. The van der Waals surface area contributed by atoms with Gasteiger partial charge in [-0.05, 0) is 18.9 Å². The monoisotopic (exact) mass is 388 g/mol. The Labute approximate surface area is 163 Å². The van der Waals surface area contributed by atoms with Crippen LogP contribution in [0.1, 0.15) is 31.2 Å². The second-order valence-electron chi connectivity index (χ2n) is 7.01. The first-order valence-electron chi connectivity index (χ1n) is 9.40. The first-order chi connectivity index (χ1) is 13.5. The highest BCUT2D eigenvalue weighted by atomic mass is 16.5. The number of imide groups is 1. The Balaban J connectivity index is 1.44. The molecule has 1 N–H and O–H groups in total. The highest BCUT2D eigenvalue weighted by Crippen LogP contribution is 2.37. The largest absolute Gasteiger partial charge is 0.496 e. The van der Waals surface area contributed by atoms with E-state index >= 15 is 0 Å². The number of hydrogen-bond donors (Lipinski definition) is 1. The predicted octanol–water partition coefficient (Wildman–Crippen LogP) is 1.03. The molecule has 2 atom stereocenters. The Bertz CT molecular complexity index is 754. The Hall–Kier alpha value is -2.90. The maximum absolute atomic E-state index is 12.3. The molecule has 28 heavy (non-hydrogen) atoms. The summed E-state index contributed by atoms with van der Waals surface area (Å²) in [5.41, 5.74) is 0.792. The van der Waals surface area contributed by atoms with Gasteiger partial charge in [0.25, 0.3) is 5.91 Å². The van der Waals surface area contributed by atoms with Crippen LogP contribution in [0.25, 0.3) is 0 Å². The van der Waals surface area contributed by atoms with Crippen LogP contribution < -0.4 is 10.1 Å². The third kappa shape index (κ3) is 4.32. The minimum atomic E-state index is -0.771. The first-order valence-corrected chi connectivity index (χ1v) is 9.40. The van der Waals surface area contributed by atoms with Crippen LogP contribution in [0.3, 0.4) is 0 Å². The van der Waals surface area contributed by atoms with E-state index in [1.54, 1.807) is 13.2 Å². The molecule has 2 aliphatic rings. The third-order valence-corrected chi connectivity index (χ3v) is 5.25. The van der Waals surface area contributed by atoms with E-state index in [9.17, 15) is 19.2 Å². The van der Waals surface area contributed by atoms with Crippen LogP contribution in [0.15, 0.2) is 24.3 Å². The molecule has 1 aromatic carbocycles. The molecule has 1 aliphatic heterocycles. The number of esters is 1. The molecule has 0 bridgehead atoms. The summed E-state index contributed by atoms with van der Waals surface area (Å²) in [5.74, 6) is -1.82. The van der Waals surface area contributed by atoms with E-state index in [-0.39, 0.29) is 30.2 Å². The Morgan fingerprint density at radius 2 is 1.75 bits per heavy atom. The number of hydrogen-bond acceptors (Lipinski definition) is 6. The minimum absolute atomic E-state index is 0.229. The summed E-state index contributed by atoms with van der Waals surface area (Å²) >= 11 is 0. The van der Waals surface area contributed by atoms with Gasteiger partial charge in [0.15, 0.2) is 6.61 Å². The van der Waals surface area contributed by atoms with Gasteiger partial charge in [-0.15, -0.1) is 0 Å². The van der Waals surface area contributed by atoms with E-state index in [2.05, 4.69) is 5.32 Å². The summed E-state index contributed by atoms with van der Waals surface area (Å²) in [6.45, 7) is -0.686. The molecular weight excluding hydrogens is 364 g/mol. The van der Waals surface area contributed by atoms with Gasteiger partial charge in [0.1, 0.15) is 12.3 Å². The molecule has 3 rings (SSSR count). The maximum Gasteiger partial charge on any atom is 0.326 e. The van der Waals surface area contributed by atoms with E-state index in [0.29, 0.717) is 18.6 Å². The summed E-state index contributed by atoms with van der Waals surface area (Å²) in [5, 5.41) is 2.64. The van der Waals surface area contributed by atoms with Crippen molar-refractivity contribution in [3.63, 3.8) is 0 Å². The molecule has 1 saturated carbocycles. The normalized spacial score (nSPS) is 21.2. The van der Waals surface area contributed by atoms with Gasteiger partial charge in [-0.3, -0.25) is 24.1 Å². The Morgan fingerprint density at radius 3 is 2.39 bits per heavy atom. The second-order valence-corrected chi connectivity index (χ2v) is 7.01. The number of carbonyl (C=O) groups excluding carboxylic acids is 4. The van der Waals surface area contributed by atoms with Crippen LogP contribution in [0.4, 0.5) is 0 Å². The van der Waals surface area contributed by atoms with Crippen LogP contribution >= 0.6 is 0 Å². The van der Waals surface area contributed by atoms with Crippen LogP contribution in [-0.2, 0) is 30.5 Å². The molecular formula is C20H24N2O6. The number of nitrogens with one attached hydrogen (secondary N) is 1. The zero-order valence-corrected chi connectivity index (χ0v) is 15.8. The molecule has 1 aliphatic carbocycles. The SMILES string of the molecule is COc1ccccc1CNC(=O)COC(=O)CN1C(=O)[C@H]2CCCC[C@@H]2C1=O. The zero-order valence-electron chi connectivity index (χ0n) is 15.8. The molecule has 1 saturated heterocycles. The van der Waals surface area contributed by atoms with E-state index in [0.717, 1.165) is 23.3 Å². The topological polar surface area (TPSA) is 102 Å². The molecule has 8 heteroatoms. The van der Waals surface area contributed by atoms with Crippen LogP contribution in [0.2, 0.25) is 0 Å². The smallest absolute Gasteiger partial charge is 0.326 e. The van der Waals surface area contributed by atoms with E-state index in [4.69, 9.17) is 9.47 Å². The van der Waals surface area contributed by atoms with Crippen LogP contribution in [0, 0.1) is 11.8 Å². The first kappa shape index (κ1) is 19.9. The number of likely N-dealkylation sites (tertiary alicyclic amines) is 1. The molecule has 8 nitrogen and oxygen atoms in total. The minimum Gasteiger partial charge on any atom is -0.496 e. The van der Waals surface area contributed by atoms with Gasteiger partial charge >= 0.3 is 5.97 Å². The van der Waals surface area contributed by atoms with Crippen molar-refractivity contribution < 1.29 is 28.7 Å². The number of fused-ring (bicyclic) bond motifs is 1. The fourth-order valence-corrected chi connectivity index (χ4v) is 3.80. The molecule has 3 amide bonds.